The van der Waals surface area contributed by atoms with Gasteiger partial charge in [-0.3, -0.25) is 4.79 Å². The summed E-state index contributed by atoms with van der Waals surface area (Å²) in [6, 6.07) is 2.97. The monoisotopic (exact) mass is 292 g/mol. The minimum Gasteiger partial charge on any atom is -0.397 e. The molecule has 2 rings (SSSR count). The molecular weight excluding hydrogens is 281 g/mol. The third kappa shape index (κ3) is 2.78. The first kappa shape index (κ1) is 14.0. The molecule has 2 N–H and O–H groups in total. The molecule has 1 amide bonds. The Labute approximate surface area is 113 Å². The summed E-state index contributed by atoms with van der Waals surface area (Å²) in [5.74, 6) is -0.0130. The summed E-state index contributed by atoms with van der Waals surface area (Å²) in [6.07, 6.45) is -4.23. The fraction of sp³-hybridized carbons (Fsp3) is 0.417. The third-order valence-electron chi connectivity index (χ3n) is 3.07. The highest BCUT2D eigenvalue weighted by Crippen LogP contribution is 2.36. The summed E-state index contributed by atoms with van der Waals surface area (Å²) in [6.45, 7) is 0.299. The Morgan fingerprint density at radius 3 is 2.63 bits per heavy atom. The van der Waals surface area contributed by atoms with Crippen LogP contribution in [-0.4, -0.2) is 18.3 Å². The van der Waals surface area contributed by atoms with Crippen molar-refractivity contribution in [1.82, 2.24) is 0 Å². The molecule has 0 saturated carbocycles. The van der Waals surface area contributed by atoms with Gasteiger partial charge < -0.3 is 10.6 Å². The fourth-order valence-electron chi connectivity index (χ4n) is 2.07. The number of carbonyl (C=O) groups is 1. The van der Waals surface area contributed by atoms with Gasteiger partial charge in [-0.2, -0.15) is 13.2 Å². The second-order valence-electron chi connectivity index (χ2n) is 4.50. The largest absolute Gasteiger partial charge is 0.416 e. The standard InChI is InChI=1S/C12H12ClF3N2O/c13-5-7-3-11(19)18(6-7)10-4-8(12(14,15)16)1-2-9(10)17/h1-2,4,7H,3,5-6,17H2. The molecule has 1 aliphatic rings. The molecule has 0 spiro atoms. The molecule has 0 bridgehead atoms. The van der Waals surface area contributed by atoms with Crippen molar-refractivity contribution in [2.75, 3.05) is 23.1 Å². The van der Waals surface area contributed by atoms with Crippen LogP contribution in [0.2, 0.25) is 0 Å². The number of nitrogens with two attached hydrogens (primary N) is 1. The number of hydrogen-bond acceptors (Lipinski definition) is 2. The maximum absolute atomic E-state index is 12.7. The number of halogens is 4. The number of amides is 1. The van der Waals surface area contributed by atoms with E-state index >= 15 is 0 Å². The van der Waals surface area contributed by atoms with Crippen molar-refractivity contribution in [2.45, 2.75) is 12.6 Å². The molecule has 1 aromatic carbocycles. The lowest BCUT2D eigenvalue weighted by Gasteiger charge is -2.20. The zero-order chi connectivity index (χ0) is 14.2. The number of anilines is 2. The Balaban J connectivity index is 2.37. The summed E-state index contributed by atoms with van der Waals surface area (Å²) >= 11 is 5.68. The third-order valence-corrected chi connectivity index (χ3v) is 3.51. The van der Waals surface area contributed by atoms with E-state index in [0.29, 0.717) is 12.4 Å². The first-order chi connectivity index (χ1) is 8.82. The van der Waals surface area contributed by atoms with Gasteiger partial charge in [-0.25, -0.2) is 0 Å². The predicted octanol–water partition coefficient (Wildman–Crippen LogP) is 2.88. The van der Waals surface area contributed by atoms with Gasteiger partial charge in [0.25, 0.3) is 0 Å². The molecule has 7 heteroatoms. The summed E-state index contributed by atoms with van der Waals surface area (Å²) in [5, 5.41) is 0. The lowest BCUT2D eigenvalue weighted by atomic mass is 10.1. The molecule has 19 heavy (non-hydrogen) atoms. The number of nitrogen functional groups attached to an aromatic ring is 1. The van der Waals surface area contributed by atoms with E-state index in [0.717, 1.165) is 12.1 Å². The van der Waals surface area contributed by atoms with Crippen molar-refractivity contribution >= 4 is 28.9 Å². The highest BCUT2D eigenvalue weighted by molar-refractivity contribution is 6.18. The number of benzene rings is 1. The van der Waals surface area contributed by atoms with E-state index in [9.17, 15) is 18.0 Å². The van der Waals surface area contributed by atoms with Crippen LogP contribution in [0.15, 0.2) is 18.2 Å². The Morgan fingerprint density at radius 2 is 2.11 bits per heavy atom. The van der Waals surface area contributed by atoms with Crippen LogP contribution in [0.3, 0.4) is 0 Å². The van der Waals surface area contributed by atoms with Crippen molar-refractivity contribution in [2.24, 2.45) is 5.92 Å². The molecule has 1 fully saturated rings. The SMILES string of the molecule is Nc1ccc(C(F)(F)F)cc1N1CC(CCl)CC1=O. The Kier molecular flexibility index (Phi) is 3.62. The maximum Gasteiger partial charge on any atom is 0.416 e. The second kappa shape index (κ2) is 4.92. The van der Waals surface area contributed by atoms with Gasteiger partial charge in [0.2, 0.25) is 5.91 Å². The molecule has 1 heterocycles. The normalized spacial score (nSPS) is 20.1. The molecule has 1 aliphatic heterocycles. The Hall–Kier alpha value is -1.43. The smallest absolute Gasteiger partial charge is 0.397 e. The average molecular weight is 293 g/mol. The fourth-order valence-corrected chi connectivity index (χ4v) is 2.28. The number of alkyl halides is 4. The average Bonchev–Trinajstić information content (AvgIpc) is 2.69. The highest BCUT2D eigenvalue weighted by Gasteiger charge is 2.34. The first-order valence-electron chi connectivity index (χ1n) is 5.66. The Morgan fingerprint density at radius 1 is 1.42 bits per heavy atom. The molecule has 0 aliphatic carbocycles. The van der Waals surface area contributed by atoms with Crippen LogP contribution in [0.4, 0.5) is 24.5 Å². The van der Waals surface area contributed by atoms with E-state index < -0.39 is 11.7 Å². The molecule has 0 aromatic heterocycles. The molecule has 1 atom stereocenters. The van der Waals surface area contributed by atoms with Gasteiger partial charge in [0.1, 0.15) is 0 Å². The lowest BCUT2D eigenvalue weighted by Crippen LogP contribution is -2.26. The molecule has 1 saturated heterocycles. The zero-order valence-electron chi connectivity index (χ0n) is 9.88. The molecule has 1 unspecified atom stereocenters. The van der Waals surface area contributed by atoms with Gasteiger partial charge >= 0.3 is 6.18 Å². The summed E-state index contributed by atoms with van der Waals surface area (Å²) in [4.78, 5) is 13.1. The molecule has 1 aromatic rings. The quantitative estimate of drug-likeness (QED) is 0.673. The number of carbonyl (C=O) groups excluding carboxylic acids is 1. The summed E-state index contributed by atoms with van der Waals surface area (Å²) < 4.78 is 38.0. The van der Waals surface area contributed by atoms with Crippen molar-refractivity contribution < 1.29 is 18.0 Å². The predicted molar refractivity (Wildman–Crippen MR) is 67.0 cm³/mol. The van der Waals surface area contributed by atoms with Crippen molar-refractivity contribution in [1.29, 1.82) is 0 Å². The van der Waals surface area contributed by atoms with Crippen LogP contribution in [-0.2, 0) is 11.0 Å². The van der Waals surface area contributed by atoms with Crippen LogP contribution in [0.5, 0.6) is 0 Å². The van der Waals surface area contributed by atoms with Gasteiger partial charge in [0.05, 0.1) is 16.9 Å². The maximum atomic E-state index is 12.7. The highest BCUT2D eigenvalue weighted by atomic mass is 35.5. The number of hydrogen-bond donors (Lipinski definition) is 1. The molecule has 104 valence electrons. The minimum atomic E-state index is -4.46. The lowest BCUT2D eigenvalue weighted by molar-refractivity contribution is -0.137. The van der Waals surface area contributed by atoms with Crippen LogP contribution >= 0.6 is 11.6 Å². The second-order valence-corrected chi connectivity index (χ2v) is 4.81. The van der Waals surface area contributed by atoms with Gasteiger partial charge in [0, 0.05) is 18.8 Å². The van der Waals surface area contributed by atoms with E-state index in [1.54, 1.807) is 0 Å². The van der Waals surface area contributed by atoms with E-state index in [1.807, 2.05) is 0 Å². The Bertz CT molecular complexity index is 504. The van der Waals surface area contributed by atoms with Gasteiger partial charge in [-0.15, -0.1) is 11.6 Å². The first-order valence-corrected chi connectivity index (χ1v) is 6.19. The van der Waals surface area contributed by atoms with E-state index in [1.165, 1.54) is 11.0 Å². The molecular formula is C12H12ClF3N2O. The van der Waals surface area contributed by atoms with Gasteiger partial charge in [-0.05, 0) is 24.1 Å². The van der Waals surface area contributed by atoms with Gasteiger partial charge in [-0.1, -0.05) is 0 Å². The number of rotatable bonds is 2. The zero-order valence-corrected chi connectivity index (χ0v) is 10.6. The summed E-state index contributed by atoms with van der Waals surface area (Å²) in [7, 11) is 0. The van der Waals surface area contributed by atoms with Crippen LogP contribution in [0.25, 0.3) is 0 Å². The van der Waals surface area contributed by atoms with Crippen molar-refractivity contribution in [3.8, 4) is 0 Å². The van der Waals surface area contributed by atoms with Crippen LogP contribution in [0.1, 0.15) is 12.0 Å². The topological polar surface area (TPSA) is 46.3 Å². The van der Waals surface area contributed by atoms with Crippen molar-refractivity contribution in [3.63, 3.8) is 0 Å². The summed E-state index contributed by atoms with van der Waals surface area (Å²) in [5.41, 5.74) is 5.10. The minimum absolute atomic E-state index is 0.0527. The molecule has 0 radical (unpaired) electrons. The van der Waals surface area contributed by atoms with Crippen LogP contribution in [0, 0.1) is 5.92 Å². The molecule has 3 nitrogen and oxygen atoms in total. The number of nitrogens with zero attached hydrogens (tertiary/aromatic N) is 1. The van der Waals surface area contributed by atoms with E-state index in [4.69, 9.17) is 17.3 Å². The van der Waals surface area contributed by atoms with Gasteiger partial charge in [0.15, 0.2) is 0 Å². The van der Waals surface area contributed by atoms with E-state index in [2.05, 4.69) is 0 Å². The van der Waals surface area contributed by atoms with Crippen LogP contribution < -0.4 is 10.6 Å². The van der Waals surface area contributed by atoms with E-state index in [-0.39, 0.29) is 29.6 Å². The van der Waals surface area contributed by atoms with Crippen molar-refractivity contribution in [3.05, 3.63) is 23.8 Å².